The quantitative estimate of drug-likeness (QED) is 0.481. The number of nitrogens with zero attached hydrogens (tertiary/aromatic N) is 1. The number of para-hydroxylation sites is 1. The summed E-state index contributed by atoms with van der Waals surface area (Å²) in [5.74, 6) is 0.428. The predicted octanol–water partition coefficient (Wildman–Crippen LogP) is 2.58. The predicted molar refractivity (Wildman–Crippen MR) is 72.1 cm³/mol. The highest BCUT2D eigenvalue weighted by Crippen LogP contribution is 2.36. The third-order valence-corrected chi connectivity index (χ3v) is 3.17. The first-order valence-corrected chi connectivity index (χ1v) is 6.56. The van der Waals surface area contributed by atoms with Crippen LogP contribution in [0.25, 0.3) is 0 Å². The largest absolute Gasteiger partial charge is 0.461 e. The molecule has 1 aromatic carbocycles. The highest BCUT2D eigenvalue weighted by atomic mass is 32.2. The minimum atomic E-state index is -0.574. The summed E-state index contributed by atoms with van der Waals surface area (Å²) in [4.78, 5) is 17.4. The Labute approximate surface area is 115 Å². The lowest BCUT2D eigenvalue weighted by molar-refractivity contribution is -0.135. The monoisotopic (exact) mass is 279 g/mol. The van der Waals surface area contributed by atoms with Crippen molar-refractivity contribution in [1.82, 2.24) is 0 Å². The molecule has 0 aliphatic carbocycles. The zero-order valence-corrected chi connectivity index (χ0v) is 11.4. The Morgan fingerprint density at radius 2 is 2.21 bits per heavy atom. The van der Waals surface area contributed by atoms with Crippen molar-refractivity contribution in [3.8, 4) is 5.75 Å². The fourth-order valence-electron chi connectivity index (χ4n) is 1.47. The van der Waals surface area contributed by atoms with Crippen molar-refractivity contribution < 1.29 is 19.1 Å². The lowest BCUT2D eigenvalue weighted by Gasteiger charge is -2.17. The molecule has 5 nitrogen and oxygen atoms in total. The van der Waals surface area contributed by atoms with Crippen LogP contribution in [-0.4, -0.2) is 25.4 Å². The number of carbonyl (C=O) groups excluding carboxylic acids is 1. The number of thioether (sulfide) groups is 1. The summed E-state index contributed by atoms with van der Waals surface area (Å²) in [7, 11) is 1.36. The van der Waals surface area contributed by atoms with E-state index in [9.17, 15) is 4.79 Å². The van der Waals surface area contributed by atoms with Gasteiger partial charge in [0.1, 0.15) is 12.9 Å². The summed E-state index contributed by atoms with van der Waals surface area (Å²) in [6.45, 7) is 1.99. The number of carbonyl (C=O) groups is 1. The van der Waals surface area contributed by atoms with Crippen molar-refractivity contribution in [2.24, 2.45) is 5.16 Å². The van der Waals surface area contributed by atoms with Crippen molar-refractivity contribution in [3.63, 3.8) is 0 Å². The van der Waals surface area contributed by atoms with Crippen LogP contribution in [0.3, 0.4) is 0 Å². The first-order valence-electron chi connectivity index (χ1n) is 5.68. The van der Waals surface area contributed by atoms with Crippen molar-refractivity contribution in [2.75, 3.05) is 13.7 Å². The Bertz CT molecular complexity index is 539. The van der Waals surface area contributed by atoms with Gasteiger partial charge in [0, 0.05) is 5.41 Å². The molecule has 0 bridgehead atoms. The van der Waals surface area contributed by atoms with Crippen molar-refractivity contribution in [3.05, 3.63) is 35.4 Å². The molecule has 0 spiro atoms. The summed E-state index contributed by atoms with van der Waals surface area (Å²) >= 11 is 1.46. The van der Waals surface area contributed by atoms with Gasteiger partial charge >= 0.3 is 5.97 Å². The van der Waals surface area contributed by atoms with E-state index in [0.29, 0.717) is 11.5 Å². The van der Waals surface area contributed by atoms with Crippen LogP contribution in [0.4, 0.5) is 0 Å². The second-order valence-corrected chi connectivity index (χ2v) is 4.40. The average Bonchev–Trinajstić information content (AvgIpc) is 2.44. The minimum absolute atomic E-state index is 0.0198. The highest BCUT2D eigenvalue weighted by molar-refractivity contribution is 8.02. The van der Waals surface area contributed by atoms with E-state index < -0.39 is 5.97 Å². The molecule has 1 heterocycles. The van der Waals surface area contributed by atoms with E-state index in [1.165, 1.54) is 18.9 Å². The number of ether oxygens (including phenoxy) is 2. The standard InChI is InChI=1S/C13H13NO4S/c1-3-17-13(15)12(14-16-2)10-8-19-11-7-5-4-6-9(11)18-10/h4-8H,3H2,1-2H3. The van der Waals surface area contributed by atoms with Gasteiger partial charge < -0.3 is 14.3 Å². The second-order valence-electron chi connectivity index (χ2n) is 3.49. The number of hydrogen-bond donors (Lipinski definition) is 0. The van der Waals surface area contributed by atoms with Gasteiger partial charge in [-0.05, 0) is 19.1 Å². The molecule has 2 rings (SSSR count). The Morgan fingerprint density at radius 1 is 1.42 bits per heavy atom. The van der Waals surface area contributed by atoms with Gasteiger partial charge in [-0.3, -0.25) is 0 Å². The number of esters is 1. The zero-order chi connectivity index (χ0) is 13.7. The maximum atomic E-state index is 11.8. The zero-order valence-electron chi connectivity index (χ0n) is 10.6. The Morgan fingerprint density at radius 3 is 2.95 bits per heavy atom. The lowest BCUT2D eigenvalue weighted by atomic mass is 10.3. The Balaban J connectivity index is 2.24. The molecule has 0 radical (unpaired) electrons. The van der Waals surface area contributed by atoms with E-state index >= 15 is 0 Å². The van der Waals surface area contributed by atoms with E-state index in [0.717, 1.165) is 4.90 Å². The van der Waals surface area contributed by atoms with E-state index in [1.807, 2.05) is 24.3 Å². The van der Waals surface area contributed by atoms with E-state index in [4.69, 9.17) is 9.47 Å². The fraction of sp³-hybridized carbons (Fsp3) is 0.231. The summed E-state index contributed by atoms with van der Waals surface area (Å²) in [5, 5.41) is 5.38. The van der Waals surface area contributed by atoms with Crippen LogP contribution in [-0.2, 0) is 14.4 Å². The molecule has 0 N–H and O–H groups in total. The van der Waals surface area contributed by atoms with E-state index in [-0.39, 0.29) is 12.3 Å². The molecule has 1 aliphatic heterocycles. The molecule has 0 atom stereocenters. The first kappa shape index (κ1) is 13.5. The van der Waals surface area contributed by atoms with Gasteiger partial charge in [0.05, 0.1) is 11.5 Å². The molecule has 1 aliphatic rings. The lowest BCUT2D eigenvalue weighted by Crippen LogP contribution is -2.23. The second kappa shape index (κ2) is 6.29. The van der Waals surface area contributed by atoms with Gasteiger partial charge in [0.2, 0.25) is 5.71 Å². The number of benzene rings is 1. The summed E-state index contributed by atoms with van der Waals surface area (Å²) in [5.41, 5.74) is 0.0198. The van der Waals surface area contributed by atoms with Crippen molar-refractivity contribution in [2.45, 2.75) is 11.8 Å². The SMILES string of the molecule is CCOC(=O)C(=NOC)C1=CSc2ccccc2O1. The number of oxime groups is 1. The van der Waals surface area contributed by atoms with E-state index in [1.54, 1.807) is 12.3 Å². The van der Waals surface area contributed by atoms with Crippen LogP contribution in [0, 0.1) is 0 Å². The number of fused-ring (bicyclic) bond motifs is 1. The van der Waals surface area contributed by atoms with Crippen LogP contribution in [0.1, 0.15) is 6.92 Å². The molecule has 0 saturated carbocycles. The molecule has 0 fully saturated rings. The summed E-state index contributed by atoms with van der Waals surface area (Å²) in [6.07, 6.45) is 0. The van der Waals surface area contributed by atoms with Crippen LogP contribution < -0.4 is 4.74 Å². The smallest absolute Gasteiger partial charge is 0.364 e. The third kappa shape index (κ3) is 3.08. The molecule has 0 unspecified atom stereocenters. The normalized spacial score (nSPS) is 14.0. The van der Waals surface area contributed by atoms with Crippen LogP contribution in [0.2, 0.25) is 0 Å². The molecular formula is C13H13NO4S. The Hall–Kier alpha value is -1.95. The summed E-state index contributed by atoms with van der Waals surface area (Å²) < 4.78 is 10.6. The number of rotatable bonds is 4. The maximum absolute atomic E-state index is 11.8. The third-order valence-electron chi connectivity index (χ3n) is 2.25. The Kier molecular flexibility index (Phi) is 4.46. The van der Waals surface area contributed by atoms with Crippen LogP contribution >= 0.6 is 11.8 Å². The van der Waals surface area contributed by atoms with Crippen molar-refractivity contribution >= 4 is 23.4 Å². The average molecular weight is 279 g/mol. The van der Waals surface area contributed by atoms with E-state index in [2.05, 4.69) is 9.99 Å². The summed E-state index contributed by atoms with van der Waals surface area (Å²) in [6, 6.07) is 7.54. The first-order chi connectivity index (χ1) is 9.26. The molecule has 0 saturated heterocycles. The van der Waals surface area contributed by atoms with Gasteiger partial charge in [-0.15, -0.1) is 0 Å². The molecule has 6 heteroatoms. The van der Waals surface area contributed by atoms with Gasteiger partial charge in [0.15, 0.2) is 5.76 Å². The molecular weight excluding hydrogens is 266 g/mol. The van der Waals surface area contributed by atoms with Gasteiger partial charge in [0.25, 0.3) is 0 Å². The minimum Gasteiger partial charge on any atom is -0.461 e. The number of hydrogen-bond acceptors (Lipinski definition) is 6. The molecule has 0 amide bonds. The fourth-order valence-corrected chi connectivity index (χ4v) is 2.25. The molecule has 19 heavy (non-hydrogen) atoms. The maximum Gasteiger partial charge on any atom is 0.364 e. The van der Waals surface area contributed by atoms with Crippen LogP contribution in [0.5, 0.6) is 5.75 Å². The van der Waals surface area contributed by atoms with Gasteiger partial charge in [-0.2, -0.15) is 0 Å². The molecule has 100 valence electrons. The van der Waals surface area contributed by atoms with Gasteiger partial charge in [-0.25, -0.2) is 4.79 Å². The van der Waals surface area contributed by atoms with Crippen LogP contribution in [0.15, 0.2) is 45.5 Å². The van der Waals surface area contributed by atoms with Gasteiger partial charge in [-0.1, -0.05) is 29.1 Å². The van der Waals surface area contributed by atoms with Crippen molar-refractivity contribution in [1.29, 1.82) is 0 Å². The molecule has 1 aromatic rings. The highest BCUT2D eigenvalue weighted by Gasteiger charge is 2.24. The molecule has 0 aromatic heterocycles. The topological polar surface area (TPSA) is 57.1 Å².